The smallest absolute Gasteiger partial charge is 0.251 e. The van der Waals surface area contributed by atoms with Crippen LogP contribution in [0.5, 0.6) is 0 Å². The fraction of sp³-hybridized carbons (Fsp3) is 0.706. The summed E-state index contributed by atoms with van der Waals surface area (Å²) in [5.41, 5.74) is 0.690. The first-order valence-corrected chi connectivity index (χ1v) is 8.85. The SMILES string of the molecule is CCc1cc(=O)[nH]c(CN2CCC([C@H](O)C(=O)NC3CC3)CC2)n1. The first-order valence-electron chi connectivity index (χ1n) is 8.85. The number of aliphatic hydroxyl groups excluding tert-OH is 1. The van der Waals surface area contributed by atoms with Crippen molar-refractivity contribution in [3.8, 4) is 0 Å². The van der Waals surface area contributed by atoms with E-state index in [4.69, 9.17) is 0 Å². The molecule has 0 spiro atoms. The molecular formula is C17H26N4O3. The van der Waals surface area contributed by atoms with Crippen LogP contribution >= 0.6 is 0 Å². The minimum absolute atomic E-state index is 0.00832. The van der Waals surface area contributed by atoms with Crippen LogP contribution in [-0.2, 0) is 17.8 Å². The number of H-pyrrole nitrogens is 1. The van der Waals surface area contributed by atoms with Crippen molar-refractivity contribution in [1.29, 1.82) is 0 Å². The van der Waals surface area contributed by atoms with Gasteiger partial charge in [0.15, 0.2) is 0 Å². The minimum Gasteiger partial charge on any atom is -0.383 e. The van der Waals surface area contributed by atoms with Gasteiger partial charge in [-0.2, -0.15) is 0 Å². The maximum Gasteiger partial charge on any atom is 0.251 e. The third-order valence-corrected chi connectivity index (χ3v) is 4.85. The highest BCUT2D eigenvalue weighted by atomic mass is 16.3. The molecule has 0 radical (unpaired) electrons. The number of hydrogen-bond acceptors (Lipinski definition) is 5. The molecule has 0 aromatic carbocycles. The number of likely N-dealkylation sites (tertiary alicyclic amines) is 1. The number of aromatic amines is 1. The molecule has 2 heterocycles. The highest BCUT2D eigenvalue weighted by Gasteiger charge is 2.33. The second-order valence-corrected chi connectivity index (χ2v) is 6.88. The zero-order valence-electron chi connectivity index (χ0n) is 14.1. The Hall–Kier alpha value is -1.73. The van der Waals surface area contributed by atoms with Crippen molar-refractivity contribution >= 4 is 5.91 Å². The standard InChI is InChI=1S/C17H26N4O3/c1-2-12-9-15(22)20-14(18-12)10-21-7-5-11(6-8-21)16(23)17(24)19-13-3-4-13/h9,11,13,16,23H,2-8,10H2,1H3,(H,19,24)(H,18,20,22)/t16-/m0/s1. The van der Waals surface area contributed by atoms with E-state index >= 15 is 0 Å². The van der Waals surface area contributed by atoms with Gasteiger partial charge in [-0.05, 0) is 51.1 Å². The van der Waals surface area contributed by atoms with Gasteiger partial charge < -0.3 is 15.4 Å². The van der Waals surface area contributed by atoms with Crippen LogP contribution in [0.3, 0.4) is 0 Å². The molecule has 132 valence electrons. The molecular weight excluding hydrogens is 308 g/mol. The van der Waals surface area contributed by atoms with Crippen LogP contribution in [0.4, 0.5) is 0 Å². The second kappa shape index (κ2) is 7.44. The van der Waals surface area contributed by atoms with E-state index in [1.807, 2.05) is 6.92 Å². The van der Waals surface area contributed by atoms with Gasteiger partial charge in [-0.3, -0.25) is 14.5 Å². The monoisotopic (exact) mass is 334 g/mol. The lowest BCUT2D eigenvalue weighted by atomic mass is 9.90. The number of amides is 1. The Morgan fingerprint density at radius 3 is 2.75 bits per heavy atom. The first-order chi connectivity index (χ1) is 11.5. The van der Waals surface area contributed by atoms with Gasteiger partial charge >= 0.3 is 0 Å². The highest BCUT2D eigenvalue weighted by Crippen LogP contribution is 2.24. The summed E-state index contributed by atoms with van der Waals surface area (Å²) in [4.78, 5) is 33.0. The quantitative estimate of drug-likeness (QED) is 0.689. The summed E-state index contributed by atoms with van der Waals surface area (Å²) in [7, 11) is 0. The Balaban J connectivity index is 1.50. The van der Waals surface area contributed by atoms with Crippen molar-refractivity contribution in [3.05, 3.63) is 27.9 Å². The van der Waals surface area contributed by atoms with Crippen LogP contribution in [0.25, 0.3) is 0 Å². The van der Waals surface area contributed by atoms with Gasteiger partial charge in [0.25, 0.3) is 5.56 Å². The molecule has 1 atom stereocenters. The number of rotatable bonds is 6. The van der Waals surface area contributed by atoms with E-state index in [9.17, 15) is 14.7 Å². The zero-order chi connectivity index (χ0) is 17.1. The molecule has 3 N–H and O–H groups in total. The van der Waals surface area contributed by atoms with E-state index in [2.05, 4.69) is 20.2 Å². The Morgan fingerprint density at radius 2 is 2.12 bits per heavy atom. The van der Waals surface area contributed by atoms with E-state index in [1.54, 1.807) is 0 Å². The van der Waals surface area contributed by atoms with E-state index < -0.39 is 6.10 Å². The van der Waals surface area contributed by atoms with Crippen molar-refractivity contribution in [2.45, 2.75) is 57.7 Å². The molecule has 0 bridgehead atoms. The molecule has 1 amide bonds. The fourth-order valence-electron chi connectivity index (χ4n) is 3.19. The molecule has 2 fully saturated rings. The molecule has 3 rings (SSSR count). The lowest BCUT2D eigenvalue weighted by Gasteiger charge is -2.33. The Kier molecular flexibility index (Phi) is 5.30. The third kappa shape index (κ3) is 4.42. The second-order valence-electron chi connectivity index (χ2n) is 6.88. The average molecular weight is 334 g/mol. The summed E-state index contributed by atoms with van der Waals surface area (Å²) in [5.74, 6) is 0.469. The van der Waals surface area contributed by atoms with Gasteiger partial charge in [0.05, 0.1) is 6.54 Å². The van der Waals surface area contributed by atoms with Gasteiger partial charge in [-0.25, -0.2) is 4.98 Å². The zero-order valence-corrected chi connectivity index (χ0v) is 14.1. The van der Waals surface area contributed by atoms with Gasteiger partial charge in [0.2, 0.25) is 5.91 Å². The van der Waals surface area contributed by atoms with E-state index in [1.165, 1.54) is 6.07 Å². The summed E-state index contributed by atoms with van der Waals surface area (Å²) < 4.78 is 0. The number of carbonyl (C=O) groups excluding carboxylic acids is 1. The minimum atomic E-state index is -0.908. The largest absolute Gasteiger partial charge is 0.383 e. The molecule has 0 unspecified atom stereocenters. The predicted molar refractivity (Wildman–Crippen MR) is 89.4 cm³/mol. The van der Waals surface area contributed by atoms with Crippen molar-refractivity contribution in [1.82, 2.24) is 20.2 Å². The molecule has 1 saturated heterocycles. The van der Waals surface area contributed by atoms with E-state index in [0.29, 0.717) is 12.4 Å². The predicted octanol–water partition coefficient (Wildman–Crippen LogP) is 0.184. The molecule has 1 aliphatic carbocycles. The van der Waals surface area contributed by atoms with Crippen LogP contribution < -0.4 is 10.9 Å². The van der Waals surface area contributed by atoms with Crippen LogP contribution in [-0.4, -0.2) is 51.1 Å². The lowest BCUT2D eigenvalue weighted by molar-refractivity contribution is -0.133. The molecule has 1 aromatic rings. The lowest BCUT2D eigenvalue weighted by Crippen LogP contribution is -2.45. The highest BCUT2D eigenvalue weighted by molar-refractivity contribution is 5.81. The van der Waals surface area contributed by atoms with Gasteiger partial charge in [0, 0.05) is 17.8 Å². The van der Waals surface area contributed by atoms with Crippen LogP contribution in [0.15, 0.2) is 10.9 Å². The number of aromatic nitrogens is 2. The van der Waals surface area contributed by atoms with Gasteiger partial charge in [0.1, 0.15) is 11.9 Å². The van der Waals surface area contributed by atoms with Crippen molar-refractivity contribution < 1.29 is 9.90 Å². The van der Waals surface area contributed by atoms with Crippen LogP contribution in [0.2, 0.25) is 0 Å². The number of piperidine rings is 1. The number of nitrogens with one attached hydrogen (secondary N) is 2. The topological polar surface area (TPSA) is 98.3 Å². The maximum atomic E-state index is 11.9. The first kappa shape index (κ1) is 17.1. The average Bonchev–Trinajstić information content (AvgIpc) is 3.38. The van der Waals surface area contributed by atoms with Crippen molar-refractivity contribution in [2.75, 3.05) is 13.1 Å². The Labute approximate surface area is 141 Å². The van der Waals surface area contributed by atoms with Crippen LogP contribution in [0.1, 0.15) is 44.1 Å². The molecule has 1 aliphatic heterocycles. The summed E-state index contributed by atoms with van der Waals surface area (Å²) >= 11 is 0. The Bertz CT molecular complexity index is 633. The number of nitrogens with zero attached hydrogens (tertiary/aromatic N) is 2. The summed E-state index contributed by atoms with van der Waals surface area (Å²) in [5, 5.41) is 13.1. The Morgan fingerprint density at radius 1 is 1.42 bits per heavy atom. The van der Waals surface area contributed by atoms with Gasteiger partial charge in [-0.15, -0.1) is 0 Å². The number of carbonyl (C=O) groups is 1. The molecule has 1 saturated carbocycles. The van der Waals surface area contributed by atoms with Crippen molar-refractivity contribution in [2.24, 2.45) is 5.92 Å². The fourth-order valence-corrected chi connectivity index (χ4v) is 3.19. The molecule has 2 aliphatic rings. The van der Waals surface area contributed by atoms with Crippen LogP contribution in [0, 0.1) is 5.92 Å². The maximum absolute atomic E-state index is 11.9. The number of aryl methyl sites for hydroxylation is 1. The summed E-state index contributed by atoms with van der Waals surface area (Å²) in [6.45, 7) is 4.16. The molecule has 1 aromatic heterocycles. The summed E-state index contributed by atoms with van der Waals surface area (Å²) in [6, 6.07) is 1.81. The van der Waals surface area contributed by atoms with Gasteiger partial charge in [-0.1, -0.05) is 6.92 Å². The molecule has 7 nitrogen and oxygen atoms in total. The molecule has 7 heteroatoms. The van der Waals surface area contributed by atoms with Crippen molar-refractivity contribution in [3.63, 3.8) is 0 Å². The number of aliphatic hydroxyl groups is 1. The number of hydrogen-bond donors (Lipinski definition) is 3. The van der Waals surface area contributed by atoms with E-state index in [0.717, 1.165) is 50.9 Å². The molecule has 24 heavy (non-hydrogen) atoms. The summed E-state index contributed by atoms with van der Waals surface area (Å²) in [6.07, 6.45) is 3.43. The normalized spacial score (nSPS) is 20.8. The van der Waals surface area contributed by atoms with E-state index in [-0.39, 0.29) is 23.4 Å². The third-order valence-electron chi connectivity index (χ3n) is 4.85.